The molecule has 1 heterocycles. The van der Waals surface area contributed by atoms with Crippen LogP contribution in [0, 0.1) is 0 Å². The third-order valence-corrected chi connectivity index (χ3v) is 3.93. The van der Waals surface area contributed by atoms with Crippen molar-refractivity contribution in [2.75, 3.05) is 31.6 Å². The summed E-state index contributed by atoms with van der Waals surface area (Å²) in [6.07, 6.45) is -0.139. The zero-order valence-electron chi connectivity index (χ0n) is 12.3. The smallest absolute Gasteiger partial charge is 0.0988 e. The lowest BCUT2D eigenvalue weighted by Gasteiger charge is -2.44. The number of benzene rings is 1. The lowest BCUT2D eigenvalue weighted by Crippen LogP contribution is -2.54. The number of aliphatic hydroxyl groups is 1. The fourth-order valence-electron chi connectivity index (χ4n) is 2.75. The monoisotopic (exact) mass is 342 g/mol. The number of hydrogen-bond acceptors (Lipinski definition) is 4. The van der Waals surface area contributed by atoms with Crippen molar-refractivity contribution < 1.29 is 9.84 Å². The molecule has 1 aromatic carbocycles. The van der Waals surface area contributed by atoms with E-state index >= 15 is 0 Å². The van der Waals surface area contributed by atoms with Crippen LogP contribution in [0.2, 0.25) is 0 Å². The molecule has 20 heavy (non-hydrogen) atoms. The van der Waals surface area contributed by atoms with E-state index in [2.05, 4.69) is 58.2 Å². The van der Waals surface area contributed by atoms with E-state index in [0.717, 1.165) is 17.6 Å². The van der Waals surface area contributed by atoms with Crippen molar-refractivity contribution in [3.63, 3.8) is 0 Å². The third kappa shape index (κ3) is 3.73. The average molecular weight is 343 g/mol. The predicted molar refractivity (Wildman–Crippen MR) is 85.2 cm³/mol. The molecular weight excluding hydrogens is 320 g/mol. The van der Waals surface area contributed by atoms with Gasteiger partial charge in [0.15, 0.2) is 0 Å². The van der Waals surface area contributed by atoms with Crippen molar-refractivity contribution in [3.05, 3.63) is 28.2 Å². The quantitative estimate of drug-likeness (QED) is 0.879. The van der Waals surface area contributed by atoms with Crippen molar-refractivity contribution in [3.8, 4) is 0 Å². The van der Waals surface area contributed by atoms with E-state index in [-0.39, 0.29) is 18.3 Å². The largest absolute Gasteiger partial charge is 0.394 e. The molecular formula is C15H23BrN2O2. The van der Waals surface area contributed by atoms with Gasteiger partial charge in [0.2, 0.25) is 0 Å². The Labute approximate surface area is 129 Å². The Kier molecular flexibility index (Phi) is 5.07. The zero-order chi connectivity index (χ0) is 14.8. The molecule has 2 rings (SSSR count). The number of anilines is 1. The lowest BCUT2D eigenvalue weighted by molar-refractivity contribution is -0.101. The number of morpholine rings is 1. The number of nitrogens with one attached hydrogen (secondary N) is 1. The molecule has 1 aliphatic heterocycles. The van der Waals surface area contributed by atoms with E-state index < -0.39 is 0 Å². The summed E-state index contributed by atoms with van der Waals surface area (Å²) >= 11 is 3.55. The topological polar surface area (TPSA) is 44.7 Å². The van der Waals surface area contributed by atoms with Crippen molar-refractivity contribution in [2.24, 2.45) is 0 Å². The Morgan fingerprint density at radius 3 is 2.90 bits per heavy atom. The molecule has 0 aliphatic carbocycles. The first-order valence-electron chi connectivity index (χ1n) is 6.92. The van der Waals surface area contributed by atoms with Gasteiger partial charge < -0.3 is 20.1 Å². The summed E-state index contributed by atoms with van der Waals surface area (Å²) in [6.45, 7) is 6.54. The molecule has 1 fully saturated rings. The van der Waals surface area contributed by atoms with Gasteiger partial charge in [0.05, 0.1) is 18.3 Å². The summed E-state index contributed by atoms with van der Waals surface area (Å²) in [5.74, 6) is 0. The molecule has 0 aromatic heterocycles. The minimum Gasteiger partial charge on any atom is -0.394 e. The summed E-state index contributed by atoms with van der Waals surface area (Å²) in [7, 11) is 1.95. The second-order valence-electron chi connectivity index (χ2n) is 5.87. The van der Waals surface area contributed by atoms with Gasteiger partial charge >= 0.3 is 0 Å². The van der Waals surface area contributed by atoms with Crippen LogP contribution in [0.3, 0.4) is 0 Å². The summed E-state index contributed by atoms with van der Waals surface area (Å²) in [6, 6.07) is 6.33. The van der Waals surface area contributed by atoms with Crippen molar-refractivity contribution in [1.29, 1.82) is 0 Å². The first-order chi connectivity index (χ1) is 9.45. The first-order valence-corrected chi connectivity index (χ1v) is 7.71. The van der Waals surface area contributed by atoms with E-state index in [1.807, 2.05) is 7.05 Å². The minimum absolute atomic E-state index is 0.0509. The van der Waals surface area contributed by atoms with Crippen molar-refractivity contribution in [1.82, 2.24) is 5.32 Å². The maximum absolute atomic E-state index is 9.44. The first kappa shape index (κ1) is 15.8. The summed E-state index contributed by atoms with van der Waals surface area (Å²) in [5.41, 5.74) is 2.19. The van der Waals surface area contributed by atoms with Crippen LogP contribution in [0.25, 0.3) is 0 Å². The summed E-state index contributed by atoms with van der Waals surface area (Å²) in [4.78, 5) is 2.31. The van der Waals surface area contributed by atoms with E-state index in [9.17, 15) is 5.11 Å². The highest BCUT2D eigenvalue weighted by Crippen LogP contribution is 2.30. The average Bonchev–Trinajstić information content (AvgIpc) is 2.39. The highest BCUT2D eigenvalue weighted by Gasteiger charge is 2.33. The van der Waals surface area contributed by atoms with Crippen LogP contribution in [0.15, 0.2) is 22.7 Å². The Morgan fingerprint density at radius 1 is 1.50 bits per heavy atom. The van der Waals surface area contributed by atoms with Crippen LogP contribution in [0.4, 0.5) is 5.69 Å². The van der Waals surface area contributed by atoms with Crippen molar-refractivity contribution >= 4 is 21.6 Å². The Bertz CT molecular complexity index is 465. The van der Waals surface area contributed by atoms with Crippen LogP contribution >= 0.6 is 15.9 Å². The fourth-order valence-corrected chi connectivity index (χ4v) is 3.09. The molecule has 0 saturated carbocycles. The number of nitrogens with zero attached hydrogens (tertiary/aromatic N) is 1. The molecule has 1 unspecified atom stereocenters. The molecule has 0 amide bonds. The molecule has 1 aliphatic rings. The Hall–Kier alpha value is -0.620. The maximum atomic E-state index is 9.44. The van der Waals surface area contributed by atoms with Crippen LogP contribution in [0.5, 0.6) is 0 Å². The third-order valence-electron chi connectivity index (χ3n) is 3.44. The van der Waals surface area contributed by atoms with Crippen LogP contribution < -0.4 is 10.2 Å². The molecule has 1 saturated heterocycles. The second-order valence-corrected chi connectivity index (χ2v) is 6.78. The Balaban J connectivity index is 2.31. The van der Waals surface area contributed by atoms with Crippen LogP contribution in [-0.2, 0) is 11.3 Å². The number of rotatable bonds is 4. The van der Waals surface area contributed by atoms with E-state index in [1.54, 1.807) is 0 Å². The van der Waals surface area contributed by atoms with Gasteiger partial charge in [-0.25, -0.2) is 0 Å². The second kappa shape index (κ2) is 6.43. The SMILES string of the molecule is CNCc1ccc(Br)cc1N1CC(CO)OC(C)(C)C1. The normalized spacial score (nSPS) is 22.1. The standard InChI is InChI=1S/C15H23BrN2O2/c1-15(2)10-18(8-13(9-19)20-15)14-6-12(16)5-4-11(14)7-17-3/h4-6,13,17,19H,7-10H2,1-3H3. The predicted octanol–water partition coefficient (Wildman–Crippen LogP) is 2.14. The van der Waals surface area contributed by atoms with Gasteiger partial charge in [0.25, 0.3) is 0 Å². The van der Waals surface area contributed by atoms with Crippen LogP contribution in [0.1, 0.15) is 19.4 Å². The van der Waals surface area contributed by atoms with E-state index in [0.29, 0.717) is 6.54 Å². The number of hydrogen-bond donors (Lipinski definition) is 2. The molecule has 112 valence electrons. The molecule has 0 bridgehead atoms. The van der Waals surface area contributed by atoms with Crippen molar-refractivity contribution in [2.45, 2.75) is 32.1 Å². The Morgan fingerprint density at radius 2 is 2.25 bits per heavy atom. The van der Waals surface area contributed by atoms with Gasteiger partial charge in [-0.3, -0.25) is 0 Å². The van der Waals surface area contributed by atoms with Gasteiger partial charge in [0, 0.05) is 29.8 Å². The highest BCUT2D eigenvalue weighted by atomic mass is 79.9. The highest BCUT2D eigenvalue weighted by molar-refractivity contribution is 9.10. The molecule has 0 radical (unpaired) electrons. The summed E-state index contributed by atoms with van der Waals surface area (Å²) < 4.78 is 6.95. The molecule has 2 N–H and O–H groups in total. The van der Waals surface area contributed by atoms with Gasteiger partial charge in [0.1, 0.15) is 0 Å². The van der Waals surface area contributed by atoms with Gasteiger partial charge in [-0.2, -0.15) is 0 Å². The number of aliphatic hydroxyl groups excluding tert-OH is 1. The fraction of sp³-hybridized carbons (Fsp3) is 0.600. The molecule has 1 aromatic rings. The van der Waals surface area contributed by atoms with E-state index in [1.165, 1.54) is 11.3 Å². The zero-order valence-corrected chi connectivity index (χ0v) is 13.9. The number of halogens is 1. The lowest BCUT2D eigenvalue weighted by atomic mass is 10.0. The van der Waals surface area contributed by atoms with E-state index in [4.69, 9.17) is 4.74 Å². The van der Waals surface area contributed by atoms with Gasteiger partial charge in [-0.1, -0.05) is 22.0 Å². The molecule has 4 nitrogen and oxygen atoms in total. The molecule has 1 atom stereocenters. The van der Waals surface area contributed by atoms with Crippen LogP contribution in [-0.4, -0.2) is 43.6 Å². The summed E-state index contributed by atoms with van der Waals surface area (Å²) in [5, 5.41) is 12.6. The molecule has 5 heteroatoms. The minimum atomic E-state index is -0.259. The molecule has 0 spiro atoms. The van der Waals surface area contributed by atoms with Gasteiger partial charge in [-0.05, 0) is 38.6 Å². The maximum Gasteiger partial charge on any atom is 0.0988 e. The van der Waals surface area contributed by atoms with Gasteiger partial charge in [-0.15, -0.1) is 0 Å². The number of ether oxygens (including phenoxy) is 1.